The van der Waals surface area contributed by atoms with Gasteiger partial charge in [-0.25, -0.2) is 8.42 Å². The number of rotatable bonds is 7. The Morgan fingerprint density at radius 2 is 1.55 bits per heavy atom. The second-order valence-corrected chi connectivity index (χ2v) is 8.60. The Labute approximate surface area is 171 Å². The van der Waals surface area contributed by atoms with Crippen molar-refractivity contribution in [2.45, 2.75) is 25.2 Å². The van der Waals surface area contributed by atoms with Crippen LogP contribution < -0.4 is 10.0 Å². The molecule has 29 heavy (non-hydrogen) atoms. The van der Waals surface area contributed by atoms with E-state index >= 15 is 0 Å². The van der Waals surface area contributed by atoms with Crippen molar-refractivity contribution < 1.29 is 13.2 Å². The molecule has 0 spiro atoms. The van der Waals surface area contributed by atoms with E-state index in [9.17, 15) is 13.2 Å². The molecule has 0 bridgehead atoms. The third-order valence-corrected chi connectivity index (χ3v) is 6.13. The van der Waals surface area contributed by atoms with Gasteiger partial charge < -0.3 is 5.32 Å². The van der Waals surface area contributed by atoms with Gasteiger partial charge >= 0.3 is 0 Å². The Morgan fingerprint density at radius 1 is 0.862 bits per heavy atom. The van der Waals surface area contributed by atoms with Gasteiger partial charge in [-0.3, -0.25) is 9.52 Å². The average molecular weight is 409 g/mol. The van der Waals surface area contributed by atoms with Crippen molar-refractivity contribution in [2.24, 2.45) is 0 Å². The first-order chi connectivity index (χ1) is 13.8. The van der Waals surface area contributed by atoms with Crippen LogP contribution in [-0.4, -0.2) is 20.9 Å². The summed E-state index contributed by atoms with van der Waals surface area (Å²) in [5.41, 5.74) is 4.17. The van der Waals surface area contributed by atoms with E-state index < -0.39 is 10.0 Å². The van der Waals surface area contributed by atoms with Gasteiger partial charge in [0.05, 0.1) is 4.90 Å². The van der Waals surface area contributed by atoms with Crippen LogP contribution in [0, 0.1) is 13.8 Å². The van der Waals surface area contributed by atoms with E-state index in [2.05, 4.69) is 10.0 Å². The van der Waals surface area contributed by atoms with E-state index in [1.807, 2.05) is 50.2 Å². The lowest BCUT2D eigenvalue weighted by molar-refractivity contribution is 0.0954. The number of hydrogen-bond acceptors (Lipinski definition) is 3. The first-order valence-electron chi connectivity index (χ1n) is 9.37. The number of carbonyl (C=O) groups is 1. The summed E-state index contributed by atoms with van der Waals surface area (Å²) in [6.07, 6.45) is 0.735. The van der Waals surface area contributed by atoms with Gasteiger partial charge in [0.2, 0.25) is 0 Å². The Balaban J connectivity index is 1.62. The molecule has 0 aromatic heterocycles. The van der Waals surface area contributed by atoms with E-state index in [-0.39, 0.29) is 10.8 Å². The van der Waals surface area contributed by atoms with Crippen molar-refractivity contribution in [3.8, 4) is 0 Å². The fourth-order valence-corrected chi connectivity index (χ4v) is 3.92. The molecule has 0 unspecified atom stereocenters. The highest BCUT2D eigenvalue weighted by Crippen LogP contribution is 2.19. The quantitative estimate of drug-likeness (QED) is 0.619. The van der Waals surface area contributed by atoms with E-state index in [1.54, 1.807) is 12.1 Å². The summed E-state index contributed by atoms with van der Waals surface area (Å²) in [6.45, 7) is 4.41. The number of sulfonamides is 1. The normalized spacial score (nSPS) is 11.1. The number of nitrogens with one attached hydrogen (secondary N) is 2. The molecular weight excluding hydrogens is 384 g/mol. The monoisotopic (exact) mass is 408 g/mol. The summed E-state index contributed by atoms with van der Waals surface area (Å²) >= 11 is 0. The number of amides is 1. The highest BCUT2D eigenvalue weighted by Gasteiger charge is 2.15. The molecule has 3 aromatic rings. The second-order valence-electron chi connectivity index (χ2n) is 6.92. The van der Waals surface area contributed by atoms with Crippen LogP contribution in [0.3, 0.4) is 0 Å². The van der Waals surface area contributed by atoms with Crippen molar-refractivity contribution in [3.05, 3.63) is 95.1 Å². The smallest absolute Gasteiger partial charge is 0.261 e. The third-order valence-electron chi connectivity index (χ3n) is 4.73. The molecule has 1 amide bonds. The zero-order chi connectivity index (χ0) is 20.9. The van der Waals surface area contributed by atoms with Crippen LogP contribution in [0.25, 0.3) is 0 Å². The van der Waals surface area contributed by atoms with Gasteiger partial charge in [-0.05, 0) is 73.4 Å². The van der Waals surface area contributed by atoms with E-state index in [4.69, 9.17) is 0 Å². The second kappa shape index (κ2) is 8.92. The molecule has 0 fully saturated rings. The zero-order valence-electron chi connectivity index (χ0n) is 16.5. The van der Waals surface area contributed by atoms with E-state index in [0.29, 0.717) is 17.8 Å². The molecule has 0 heterocycles. The Morgan fingerprint density at radius 3 is 2.21 bits per heavy atom. The molecule has 3 aromatic carbocycles. The molecule has 0 aliphatic carbocycles. The van der Waals surface area contributed by atoms with E-state index in [0.717, 1.165) is 23.1 Å². The summed E-state index contributed by atoms with van der Waals surface area (Å²) in [6, 6.07) is 21.2. The summed E-state index contributed by atoms with van der Waals surface area (Å²) in [4.78, 5) is 12.4. The van der Waals surface area contributed by atoms with Crippen LogP contribution in [-0.2, 0) is 16.4 Å². The molecule has 5 nitrogen and oxygen atoms in total. The molecular formula is C23H24N2O3S. The van der Waals surface area contributed by atoms with E-state index in [1.165, 1.54) is 24.3 Å². The molecule has 150 valence electrons. The number of aryl methyl sites for hydroxylation is 2. The lowest BCUT2D eigenvalue weighted by Gasteiger charge is -2.10. The highest BCUT2D eigenvalue weighted by molar-refractivity contribution is 7.92. The molecule has 0 aliphatic rings. The standard InChI is InChI=1S/C23H24N2O3S/c1-17-8-11-21(16-18(17)2)25-29(27,28)22-12-9-20(10-13-22)23(26)24-15-14-19-6-4-3-5-7-19/h3-13,16,25H,14-15H2,1-2H3,(H,24,26). The SMILES string of the molecule is Cc1ccc(NS(=O)(=O)c2ccc(C(=O)NCCc3ccccc3)cc2)cc1C. The summed E-state index contributed by atoms with van der Waals surface area (Å²) in [5.74, 6) is -0.230. The van der Waals surface area contributed by atoms with Crippen molar-refractivity contribution >= 4 is 21.6 Å². The first kappa shape index (κ1) is 20.6. The average Bonchev–Trinajstić information content (AvgIpc) is 2.71. The number of hydrogen-bond donors (Lipinski definition) is 2. The van der Waals surface area contributed by atoms with Crippen LogP contribution in [0.15, 0.2) is 77.7 Å². The summed E-state index contributed by atoms with van der Waals surface area (Å²) in [7, 11) is -3.72. The zero-order valence-corrected chi connectivity index (χ0v) is 17.3. The predicted octanol–water partition coefficient (Wildman–Crippen LogP) is 4.08. The molecule has 0 saturated heterocycles. The van der Waals surface area contributed by atoms with Gasteiger partial charge in [0.25, 0.3) is 15.9 Å². The van der Waals surface area contributed by atoms with Gasteiger partial charge in [-0.2, -0.15) is 0 Å². The maximum atomic E-state index is 12.6. The Kier molecular flexibility index (Phi) is 6.34. The summed E-state index contributed by atoms with van der Waals surface area (Å²) < 4.78 is 27.8. The van der Waals surface area contributed by atoms with Crippen LogP contribution in [0.2, 0.25) is 0 Å². The summed E-state index contributed by atoms with van der Waals surface area (Å²) in [5, 5.41) is 2.85. The van der Waals surface area contributed by atoms with Crippen LogP contribution in [0.5, 0.6) is 0 Å². The van der Waals surface area contributed by atoms with Gasteiger partial charge in [-0.15, -0.1) is 0 Å². The van der Waals surface area contributed by atoms with Crippen molar-refractivity contribution in [3.63, 3.8) is 0 Å². The fraction of sp³-hybridized carbons (Fsp3) is 0.174. The molecule has 0 atom stereocenters. The highest BCUT2D eigenvalue weighted by atomic mass is 32.2. The molecule has 0 saturated carbocycles. The Bertz CT molecular complexity index is 1090. The topological polar surface area (TPSA) is 75.3 Å². The van der Waals surface area contributed by atoms with Gasteiger partial charge in [-0.1, -0.05) is 36.4 Å². The lowest BCUT2D eigenvalue weighted by atomic mass is 10.1. The number of carbonyl (C=O) groups excluding carboxylic acids is 1. The van der Waals surface area contributed by atoms with Crippen LogP contribution in [0.4, 0.5) is 5.69 Å². The van der Waals surface area contributed by atoms with Gasteiger partial charge in [0.15, 0.2) is 0 Å². The fourth-order valence-electron chi connectivity index (χ4n) is 2.87. The van der Waals surface area contributed by atoms with Crippen LogP contribution >= 0.6 is 0 Å². The maximum Gasteiger partial charge on any atom is 0.261 e. The van der Waals surface area contributed by atoms with Crippen molar-refractivity contribution in [1.82, 2.24) is 5.32 Å². The largest absolute Gasteiger partial charge is 0.352 e. The van der Waals surface area contributed by atoms with Crippen molar-refractivity contribution in [1.29, 1.82) is 0 Å². The third kappa shape index (κ3) is 5.45. The number of benzene rings is 3. The maximum absolute atomic E-state index is 12.6. The molecule has 3 rings (SSSR count). The first-order valence-corrected chi connectivity index (χ1v) is 10.9. The van der Waals surface area contributed by atoms with Crippen molar-refractivity contribution in [2.75, 3.05) is 11.3 Å². The minimum atomic E-state index is -3.72. The number of anilines is 1. The lowest BCUT2D eigenvalue weighted by Crippen LogP contribution is -2.25. The Hall–Kier alpha value is -3.12. The molecule has 6 heteroatoms. The molecule has 0 radical (unpaired) electrons. The van der Waals surface area contributed by atoms with Crippen LogP contribution in [0.1, 0.15) is 27.0 Å². The minimum absolute atomic E-state index is 0.108. The van der Waals surface area contributed by atoms with Gasteiger partial charge in [0.1, 0.15) is 0 Å². The minimum Gasteiger partial charge on any atom is -0.352 e. The molecule has 0 aliphatic heterocycles. The predicted molar refractivity (Wildman–Crippen MR) is 116 cm³/mol. The molecule has 2 N–H and O–H groups in total. The van der Waals surface area contributed by atoms with Gasteiger partial charge in [0, 0.05) is 17.8 Å².